The summed E-state index contributed by atoms with van der Waals surface area (Å²) in [6, 6.07) is -0.301. The number of hydrogen-bond acceptors (Lipinski definition) is 4. The number of halogens is 2. The highest BCUT2D eigenvalue weighted by atomic mass is 35.5. The van der Waals surface area contributed by atoms with Crippen LogP contribution in [0, 0.1) is 5.92 Å². The number of likely N-dealkylation sites (tertiary alicyclic amines) is 2. The van der Waals surface area contributed by atoms with Crippen LogP contribution in [0.4, 0.5) is 0 Å². The molecule has 2 rings (SSSR count). The van der Waals surface area contributed by atoms with Crippen LogP contribution >= 0.6 is 36.6 Å². The summed E-state index contributed by atoms with van der Waals surface area (Å²) in [6.07, 6.45) is 10.7. The van der Waals surface area contributed by atoms with Gasteiger partial charge in [-0.1, -0.05) is 12.8 Å². The Morgan fingerprint density at radius 1 is 1.12 bits per heavy atom. The molecule has 1 amide bonds. The van der Waals surface area contributed by atoms with Gasteiger partial charge >= 0.3 is 0 Å². The van der Waals surface area contributed by atoms with Crippen molar-refractivity contribution in [1.29, 1.82) is 0 Å². The molecule has 0 radical (unpaired) electrons. The van der Waals surface area contributed by atoms with Crippen molar-refractivity contribution in [3.63, 3.8) is 0 Å². The number of carbonyl (C=O) groups is 1. The lowest BCUT2D eigenvalue weighted by Gasteiger charge is -2.36. The van der Waals surface area contributed by atoms with Crippen molar-refractivity contribution in [2.75, 3.05) is 44.7 Å². The number of rotatable bonds is 6. The zero-order valence-corrected chi connectivity index (χ0v) is 17.4. The van der Waals surface area contributed by atoms with Gasteiger partial charge in [0.1, 0.15) is 0 Å². The van der Waals surface area contributed by atoms with Crippen LogP contribution in [0.25, 0.3) is 0 Å². The SMILES string of the molecule is CSCCC(N)C(=O)N1CCCC(CN2CCCCCC2)C1.Cl.Cl. The Kier molecular flexibility index (Phi) is 13.7. The Bertz CT molecular complexity index is 342. The molecule has 4 nitrogen and oxygen atoms in total. The monoisotopic (exact) mass is 399 g/mol. The lowest BCUT2D eigenvalue weighted by Crippen LogP contribution is -2.49. The van der Waals surface area contributed by atoms with E-state index in [4.69, 9.17) is 5.73 Å². The van der Waals surface area contributed by atoms with E-state index in [1.165, 1.54) is 51.7 Å². The van der Waals surface area contributed by atoms with E-state index in [9.17, 15) is 4.79 Å². The molecule has 7 heteroatoms. The third-order valence-electron chi connectivity index (χ3n) is 5.00. The molecule has 0 aromatic rings. The molecular weight excluding hydrogens is 365 g/mol. The van der Waals surface area contributed by atoms with Gasteiger partial charge in [0.15, 0.2) is 0 Å². The van der Waals surface area contributed by atoms with Gasteiger partial charge in [0, 0.05) is 19.6 Å². The van der Waals surface area contributed by atoms with Gasteiger partial charge in [0.2, 0.25) is 5.91 Å². The number of nitrogens with two attached hydrogens (primary N) is 1. The maximum Gasteiger partial charge on any atom is 0.239 e. The minimum atomic E-state index is -0.301. The van der Waals surface area contributed by atoms with Crippen LogP contribution in [0.1, 0.15) is 44.9 Å². The van der Waals surface area contributed by atoms with E-state index in [0.717, 1.165) is 31.7 Å². The molecule has 2 saturated heterocycles. The molecule has 2 aliphatic rings. The van der Waals surface area contributed by atoms with Crippen molar-refractivity contribution in [3.05, 3.63) is 0 Å². The number of nitrogens with zero attached hydrogens (tertiary/aromatic N) is 2. The predicted molar refractivity (Wildman–Crippen MR) is 110 cm³/mol. The number of carbonyl (C=O) groups excluding carboxylic acids is 1. The fraction of sp³-hybridized carbons (Fsp3) is 0.941. The van der Waals surface area contributed by atoms with E-state index < -0.39 is 0 Å². The first-order chi connectivity index (χ1) is 10.7. The van der Waals surface area contributed by atoms with E-state index in [2.05, 4.69) is 11.2 Å². The second-order valence-electron chi connectivity index (χ2n) is 6.90. The van der Waals surface area contributed by atoms with Crippen molar-refractivity contribution in [2.45, 2.75) is 51.0 Å². The van der Waals surface area contributed by atoms with Gasteiger partial charge in [0.05, 0.1) is 6.04 Å². The fourth-order valence-electron chi connectivity index (χ4n) is 3.70. The highest BCUT2D eigenvalue weighted by Gasteiger charge is 2.28. The molecule has 0 bridgehead atoms. The lowest BCUT2D eigenvalue weighted by atomic mass is 9.96. The molecule has 2 atom stereocenters. The summed E-state index contributed by atoms with van der Waals surface area (Å²) in [5.41, 5.74) is 6.07. The van der Waals surface area contributed by atoms with Crippen molar-refractivity contribution < 1.29 is 4.79 Å². The third-order valence-corrected chi connectivity index (χ3v) is 5.64. The Labute approximate surface area is 164 Å². The van der Waals surface area contributed by atoms with E-state index in [1.807, 2.05) is 4.90 Å². The largest absolute Gasteiger partial charge is 0.341 e. The number of hydrogen-bond donors (Lipinski definition) is 1. The molecule has 2 fully saturated rings. The highest BCUT2D eigenvalue weighted by molar-refractivity contribution is 7.98. The summed E-state index contributed by atoms with van der Waals surface area (Å²) in [7, 11) is 0. The Morgan fingerprint density at radius 3 is 2.42 bits per heavy atom. The summed E-state index contributed by atoms with van der Waals surface area (Å²) < 4.78 is 0. The van der Waals surface area contributed by atoms with Crippen LogP contribution in [-0.2, 0) is 4.79 Å². The minimum Gasteiger partial charge on any atom is -0.341 e. The number of thioether (sulfide) groups is 1. The predicted octanol–water partition coefficient (Wildman–Crippen LogP) is 3.03. The van der Waals surface area contributed by atoms with Crippen LogP contribution < -0.4 is 5.73 Å². The first-order valence-electron chi connectivity index (χ1n) is 8.96. The maximum atomic E-state index is 12.5. The number of piperidine rings is 1. The average Bonchev–Trinajstić information content (AvgIpc) is 2.80. The molecule has 144 valence electrons. The molecular formula is C17H35Cl2N3OS. The van der Waals surface area contributed by atoms with Crippen LogP contribution in [0.15, 0.2) is 0 Å². The summed E-state index contributed by atoms with van der Waals surface area (Å²) >= 11 is 1.76. The summed E-state index contributed by atoms with van der Waals surface area (Å²) in [5, 5.41) is 0. The molecule has 2 N–H and O–H groups in total. The first-order valence-corrected chi connectivity index (χ1v) is 10.4. The quantitative estimate of drug-likeness (QED) is 0.745. The van der Waals surface area contributed by atoms with Crippen molar-refractivity contribution in [3.8, 4) is 0 Å². The second kappa shape index (κ2) is 13.5. The van der Waals surface area contributed by atoms with Crippen molar-refractivity contribution in [1.82, 2.24) is 9.80 Å². The summed E-state index contributed by atoms with van der Waals surface area (Å²) in [6.45, 7) is 5.49. The topological polar surface area (TPSA) is 49.6 Å². The molecule has 2 aliphatic heterocycles. The minimum absolute atomic E-state index is 0. The Morgan fingerprint density at radius 2 is 1.79 bits per heavy atom. The van der Waals surface area contributed by atoms with Crippen LogP contribution in [0.2, 0.25) is 0 Å². The summed E-state index contributed by atoms with van der Waals surface area (Å²) in [5.74, 6) is 1.79. The van der Waals surface area contributed by atoms with Crippen LogP contribution in [0.5, 0.6) is 0 Å². The van der Waals surface area contributed by atoms with E-state index in [0.29, 0.717) is 5.92 Å². The molecule has 0 spiro atoms. The summed E-state index contributed by atoms with van der Waals surface area (Å²) in [4.78, 5) is 17.1. The molecule has 0 saturated carbocycles. The zero-order valence-electron chi connectivity index (χ0n) is 15.0. The molecule has 24 heavy (non-hydrogen) atoms. The fourth-order valence-corrected chi connectivity index (χ4v) is 4.19. The average molecular weight is 400 g/mol. The lowest BCUT2D eigenvalue weighted by molar-refractivity contribution is -0.134. The van der Waals surface area contributed by atoms with Crippen molar-refractivity contribution >= 4 is 42.5 Å². The van der Waals surface area contributed by atoms with Gasteiger partial charge in [-0.15, -0.1) is 24.8 Å². The van der Waals surface area contributed by atoms with Gasteiger partial charge in [-0.2, -0.15) is 11.8 Å². The Hall–Kier alpha value is 0.320. The first kappa shape index (κ1) is 24.3. The zero-order chi connectivity index (χ0) is 15.8. The Balaban J connectivity index is 0.00000264. The number of amides is 1. The van der Waals surface area contributed by atoms with Gasteiger partial charge < -0.3 is 15.5 Å². The van der Waals surface area contributed by atoms with E-state index in [1.54, 1.807) is 11.8 Å². The van der Waals surface area contributed by atoms with Crippen molar-refractivity contribution in [2.24, 2.45) is 11.7 Å². The van der Waals surface area contributed by atoms with Gasteiger partial charge in [0.25, 0.3) is 0 Å². The molecule has 2 unspecified atom stereocenters. The smallest absolute Gasteiger partial charge is 0.239 e. The standard InChI is InChI=1S/C17H33N3OS.2ClH/c1-22-12-8-16(18)17(21)20-11-6-7-15(14-20)13-19-9-4-2-3-5-10-19;;/h15-16H,2-14,18H2,1H3;2*1H. The van der Waals surface area contributed by atoms with E-state index >= 15 is 0 Å². The van der Waals surface area contributed by atoms with Crippen LogP contribution in [-0.4, -0.2) is 66.5 Å². The molecule has 0 aliphatic carbocycles. The molecule has 0 aromatic carbocycles. The molecule has 2 heterocycles. The van der Waals surface area contributed by atoms with Gasteiger partial charge in [-0.05, 0) is 63.1 Å². The third kappa shape index (κ3) is 8.13. The highest BCUT2D eigenvalue weighted by Crippen LogP contribution is 2.20. The maximum absolute atomic E-state index is 12.5. The molecule has 0 aromatic heterocycles. The second-order valence-corrected chi connectivity index (χ2v) is 7.88. The van der Waals surface area contributed by atoms with Crippen LogP contribution in [0.3, 0.4) is 0 Å². The van der Waals surface area contributed by atoms with Gasteiger partial charge in [-0.25, -0.2) is 0 Å². The van der Waals surface area contributed by atoms with E-state index in [-0.39, 0.29) is 36.8 Å². The van der Waals surface area contributed by atoms with Gasteiger partial charge in [-0.3, -0.25) is 4.79 Å². The normalized spacial score (nSPS) is 23.6.